The summed E-state index contributed by atoms with van der Waals surface area (Å²) in [6.07, 6.45) is 5.08. The van der Waals surface area contributed by atoms with Gasteiger partial charge in [-0.15, -0.1) is 0 Å². The molecule has 0 spiro atoms. The van der Waals surface area contributed by atoms with Crippen LogP contribution in [0.25, 0.3) is 5.65 Å². The number of likely N-dealkylation sites (tertiary alicyclic amines) is 1. The number of hydrogen-bond acceptors (Lipinski definition) is 5. The van der Waals surface area contributed by atoms with E-state index in [0.717, 1.165) is 29.9 Å². The monoisotopic (exact) mass is 325 g/mol. The Bertz CT molecular complexity index is 889. The number of piperidine rings is 1. The summed E-state index contributed by atoms with van der Waals surface area (Å²) in [5.74, 6) is 0.896. The minimum atomic E-state index is -0.0467. The Morgan fingerprint density at radius 3 is 2.79 bits per heavy atom. The second-order valence-electron chi connectivity index (χ2n) is 6.26. The van der Waals surface area contributed by atoms with E-state index in [1.165, 1.54) is 6.39 Å². The molecule has 0 saturated carbocycles. The summed E-state index contributed by atoms with van der Waals surface area (Å²) in [6.45, 7) is 5.14. The van der Waals surface area contributed by atoms with Gasteiger partial charge in [0.15, 0.2) is 17.7 Å². The Balaban J connectivity index is 1.47. The topological polar surface area (TPSA) is 76.5 Å². The van der Waals surface area contributed by atoms with Crippen LogP contribution in [0, 0.1) is 13.8 Å². The molecule has 0 bridgehead atoms. The number of hydrogen-bond donors (Lipinski definition) is 0. The van der Waals surface area contributed by atoms with Gasteiger partial charge >= 0.3 is 0 Å². The third kappa shape index (κ3) is 2.55. The molecule has 0 atom stereocenters. The van der Waals surface area contributed by atoms with E-state index < -0.39 is 0 Å². The Labute approximate surface area is 139 Å². The summed E-state index contributed by atoms with van der Waals surface area (Å²) in [7, 11) is 0. The first-order chi connectivity index (χ1) is 11.6. The molecule has 124 valence electrons. The van der Waals surface area contributed by atoms with E-state index in [0.29, 0.717) is 30.5 Å². The minimum Gasteiger partial charge on any atom is -0.448 e. The van der Waals surface area contributed by atoms with Gasteiger partial charge < -0.3 is 9.32 Å². The van der Waals surface area contributed by atoms with Gasteiger partial charge in [-0.2, -0.15) is 5.10 Å². The number of nitrogens with zero attached hydrogens (tertiary/aromatic N) is 5. The van der Waals surface area contributed by atoms with E-state index in [9.17, 15) is 4.79 Å². The first-order valence-corrected chi connectivity index (χ1v) is 8.14. The van der Waals surface area contributed by atoms with E-state index in [1.807, 2.05) is 30.2 Å². The zero-order chi connectivity index (χ0) is 16.7. The van der Waals surface area contributed by atoms with E-state index >= 15 is 0 Å². The molecule has 7 nitrogen and oxygen atoms in total. The summed E-state index contributed by atoms with van der Waals surface area (Å²) in [5.41, 5.74) is 3.33. The van der Waals surface area contributed by atoms with Crippen LogP contribution in [0.1, 0.15) is 46.4 Å². The van der Waals surface area contributed by atoms with Crippen LogP contribution in [0.4, 0.5) is 0 Å². The molecule has 3 aromatic rings. The average molecular weight is 325 g/mol. The lowest BCUT2D eigenvalue weighted by molar-refractivity contribution is 0.0705. The highest BCUT2D eigenvalue weighted by molar-refractivity contribution is 5.93. The maximum atomic E-state index is 12.5. The van der Waals surface area contributed by atoms with E-state index in [4.69, 9.17) is 9.40 Å². The van der Waals surface area contributed by atoms with Gasteiger partial charge in [-0.25, -0.2) is 14.5 Å². The standard InChI is InChI=1S/C17H19N5O2/c1-11-9-15-19-14(5-8-22(15)20-11)13-3-6-21(7-4-13)17(23)16-12(2)24-10-18-16/h5,8-10,13H,3-4,6-7H2,1-2H3. The Kier molecular flexibility index (Phi) is 3.55. The normalized spacial score (nSPS) is 16.0. The van der Waals surface area contributed by atoms with Gasteiger partial charge in [0.25, 0.3) is 5.91 Å². The van der Waals surface area contributed by atoms with Crippen LogP contribution < -0.4 is 0 Å². The fraction of sp³-hybridized carbons (Fsp3) is 0.412. The molecule has 1 amide bonds. The van der Waals surface area contributed by atoms with Gasteiger partial charge in [-0.1, -0.05) is 0 Å². The van der Waals surface area contributed by atoms with Crippen LogP contribution in [-0.2, 0) is 0 Å². The molecule has 0 N–H and O–H groups in total. The Morgan fingerprint density at radius 2 is 2.08 bits per heavy atom. The second-order valence-corrected chi connectivity index (χ2v) is 6.26. The zero-order valence-corrected chi connectivity index (χ0v) is 13.8. The molecule has 0 aliphatic carbocycles. The third-order valence-corrected chi connectivity index (χ3v) is 4.62. The summed E-state index contributed by atoms with van der Waals surface area (Å²) >= 11 is 0. The van der Waals surface area contributed by atoms with Crippen molar-refractivity contribution >= 4 is 11.6 Å². The van der Waals surface area contributed by atoms with Crippen molar-refractivity contribution in [2.75, 3.05) is 13.1 Å². The molecule has 4 heterocycles. The highest BCUT2D eigenvalue weighted by atomic mass is 16.3. The average Bonchev–Trinajstić information content (AvgIpc) is 3.18. The molecule has 1 fully saturated rings. The van der Waals surface area contributed by atoms with Crippen LogP contribution in [0.2, 0.25) is 0 Å². The van der Waals surface area contributed by atoms with Crippen molar-refractivity contribution in [1.82, 2.24) is 24.5 Å². The smallest absolute Gasteiger partial charge is 0.276 e. The van der Waals surface area contributed by atoms with Crippen LogP contribution in [0.3, 0.4) is 0 Å². The molecular weight excluding hydrogens is 306 g/mol. The molecule has 7 heteroatoms. The number of fused-ring (bicyclic) bond motifs is 1. The fourth-order valence-electron chi connectivity index (χ4n) is 3.28. The minimum absolute atomic E-state index is 0.0467. The third-order valence-electron chi connectivity index (χ3n) is 4.62. The number of aryl methyl sites for hydroxylation is 2. The quantitative estimate of drug-likeness (QED) is 0.723. The Morgan fingerprint density at radius 1 is 1.29 bits per heavy atom. The van der Waals surface area contributed by atoms with Crippen molar-refractivity contribution in [3.63, 3.8) is 0 Å². The molecule has 3 aromatic heterocycles. The SMILES string of the molecule is Cc1cc2nc(C3CCN(C(=O)c4ncoc4C)CC3)ccn2n1. The highest BCUT2D eigenvalue weighted by Gasteiger charge is 2.27. The molecule has 24 heavy (non-hydrogen) atoms. The first-order valence-electron chi connectivity index (χ1n) is 8.14. The maximum absolute atomic E-state index is 12.5. The Hall–Kier alpha value is -2.70. The van der Waals surface area contributed by atoms with Gasteiger partial charge in [0.05, 0.1) is 5.69 Å². The van der Waals surface area contributed by atoms with Crippen LogP contribution in [0.15, 0.2) is 29.1 Å². The number of aromatic nitrogens is 4. The van der Waals surface area contributed by atoms with Crippen LogP contribution in [-0.4, -0.2) is 43.5 Å². The number of carbonyl (C=O) groups is 1. The van der Waals surface area contributed by atoms with Gasteiger partial charge in [0.2, 0.25) is 0 Å². The first kappa shape index (κ1) is 14.9. The predicted octanol–water partition coefficient (Wildman–Crippen LogP) is 2.35. The maximum Gasteiger partial charge on any atom is 0.276 e. The summed E-state index contributed by atoms with van der Waals surface area (Å²) in [5, 5.41) is 4.36. The van der Waals surface area contributed by atoms with Gasteiger partial charge in [-0.3, -0.25) is 4.79 Å². The molecular formula is C17H19N5O2. The molecule has 0 aromatic carbocycles. The lowest BCUT2D eigenvalue weighted by Crippen LogP contribution is -2.38. The van der Waals surface area contributed by atoms with Gasteiger partial charge in [-0.05, 0) is 32.8 Å². The summed E-state index contributed by atoms with van der Waals surface area (Å²) in [4.78, 5) is 23.1. The lowest BCUT2D eigenvalue weighted by Gasteiger charge is -2.31. The van der Waals surface area contributed by atoms with E-state index in [-0.39, 0.29) is 5.91 Å². The van der Waals surface area contributed by atoms with Crippen LogP contribution in [0.5, 0.6) is 0 Å². The summed E-state index contributed by atoms with van der Waals surface area (Å²) in [6, 6.07) is 4.01. The van der Waals surface area contributed by atoms with E-state index in [2.05, 4.69) is 10.1 Å². The van der Waals surface area contributed by atoms with Crippen molar-refractivity contribution < 1.29 is 9.21 Å². The second kappa shape index (κ2) is 5.74. The van der Waals surface area contributed by atoms with Crippen molar-refractivity contribution in [3.8, 4) is 0 Å². The van der Waals surface area contributed by atoms with Gasteiger partial charge in [0.1, 0.15) is 5.76 Å². The van der Waals surface area contributed by atoms with E-state index in [1.54, 1.807) is 11.4 Å². The van der Waals surface area contributed by atoms with Crippen molar-refractivity contribution in [1.29, 1.82) is 0 Å². The number of amides is 1. The molecule has 0 unspecified atom stereocenters. The number of carbonyl (C=O) groups excluding carboxylic acids is 1. The van der Waals surface area contributed by atoms with Crippen LogP contribution >= 0.6 is 0 Å². The zero-order valence-electron chi connectivity index (χ0n) is 13.8. The lowest BCUT2D eigenvalue weighted by atomic mass is 9.93. The summed E-state index contributed by atoms with van der Waals surface area (Å²) < 4.78 is 6.93. The predicted molar refractivity (Wildman–Crippen MR) is 86.8 cm³/mol. The van der Waals surface area contributed by atoms with Crippen molar-refractivity contribution in [2.45, 2.75) is 32.6 Å². The van der Waals surface area contributed by atoms with Gasteiger partial charge in [0, 0.05) is 37.0 Å². The number of rotatable bonds is 2. The highest BCUT2D eigenvalue weighted by Crippen LogP contribution is 2.28. The number of oxazole rings is 1. The molecule has 1 aliphatic heterocycles. The van der Waals surface area contributed by atoms with Crippen molar-refractivity contribution in [3.05, 3.63) is 47.6 Å². The molecule has 0 radical (unpaired) electrons. The molecule has 1 aliphatic rings. The largest absolute Gasteiger partial charge is 0.448 e. The molecule has 4 rings (SSSR count). The van der Waals surface area contributed by atoms with Crippen molar-refractivity contribution in [2.24, 2.45) is 0 Å². The fourth-order valence-corrected chi connectivity index (χ4v) is 3.28. The molecule has 1 saturated heterocycles.